The van der Waals surface area contributed by atoms with Crippen LogP contribution in [0.2, 0.25) is 0 Å². The van der Waals surface area contributed by atoms with E-state index in [1.54, 1.807) is 38.1 Å². The maximum Gasteiger partial charge on any atom is 0.295 e. The van der Waals surface area contributed by atoms with Crippen LogP contribution < -0.4 is 9.47 Å². The van der Waals surface area contributed by atoms with Gasteiger partial charge in [0.05, 0.1) is 24.3 Å². The molecule has 182 valence electrons. The maximum absolute atomic E-state index is 14.6. The second-order valence-electron chi connectivity index (χ2n) is 8.61. The fraction of sp³-hybridized carbons (Fsp3) is 0.385. The smallest absolute Gasteiger partial charge is 0.295 e. The second-order valence-corrected chi connectivity index (χ2v) is 8.61. The monoisotopic (exact) mass is 470 g/mol. The maximum atomic E-state index is 14.6. The molecule has 34 heavy (non-hydrogen) atoms. The standard InChI is InChI=1S/C26H31FN2O5/c1-6-33-19-10-7-17(8-11-19)23-22(25(31)26(32)29(23)14-13-28(4)5)24(30)18-9-12-21(20(27)15-18)34-16(2)3/h7-12,15-16,23,30H,6,13-14H2,1-5H3/t23-/m0/s1. The highest BCUT2D eigenvalue weighted by Gasteiger charge is 2.46. The number of nitrogens with zero attached hydrogens (tertiary/aromatic N) is 2. The van der Waals surface area contributed by atoms with Gasteiger partial charge in [-0.2, -0.15) is 0 Å². The molecular formula is C26H31FN2O5. The lowest BCUT2D eigenvalue weighted by Gasteiger charge is -2.26. The van der Waals surface area contributed by atoms with E-state index in [0.29, 0.717) is 24.5 Å². The van der Waals surface area contributed by atoms with E-state index in [1.165, 1.54) is 17.0 Å². The lowest BCUT2D eigenvalue weighted by Crippen LogP contribution is -2.35. The lowest BCUT2D eigenvalue weighted by molar-refractivity contribution is -0.140. The number of likely N-dealkylation sites (N-methyl/N-ethyl adjacent to an activating group) is 1. The summed E-state index contributed by atoms with van der Waals surface area (Å²) in [6.07, 6.45) is -0.226. The number of ketones is 1. The Balaban J connectivity index is 2.09. The highest BCUT2D eigenvalue weighted by Crippen LogP contribution is 2.40. The van der Waals surface area contributed by atoms with E-state index < -0.39 is 29.3 Å². The molecule has 0 aromatic heterocycles. The zero-order valence-corrected chi connectivity index (χ0v) is 20.2. The third-order valence-corrected chi connectivity index (χ3v) is 5.40. The summed E-state index contributed by atoms with van der Waals surface area (Å²) in [5.41, 5.74) is 0.656. The van der Waals surface area contributed by atoms with Crippen LogP contribution in [0, 0.1) is 5.82 Å². The van der Waals surface area contributed by atoms with Crippen molar-refractivity contribution in [1.29, 1.82) is 0 Å². The number of hydrogen-bond donors (Lipinski definition) is 1. The minimum atomic E-state index is -0.815. The Morgan fingerprint density at radius 3 is 2.38 bits per heavy atom. The number of aliphatic hydroxyl groups is 1. The van der Waals surface area contributed by atoms with E-state index in [9.17, 15) is 19.1 Å². The summed E-state index contributed by atoms with van der Waals surface area (Å²) in [4.78, 5) is 29.4. The number of hydrogen-bond acceptors (Lipinski definition) is 6. The van der Waals surface area contributed by atoms with Gasteiger partial charge in [-0.1, -0.05) is 12.1 Å². The molecule has 0 radical (unpaired) electrons. The van der Waals surface area contributed by atoms with Crippen LogP contribution in [0.15, 0.2) is 48.0 Å². The molecule has 3 rings (SSSR count). The molecule has 0 spiro atoms. The molecule has 2 aromatic carbocycles. The molecule has 1 saturated heterocycles. The van der Waals surface area contributed by atoms with Gasteiger partial charge in [-0.3, -0.25) is 9.59 Å². The van der Waals surface area contributed by atoms with Crippen molar-refractivity contribution in [2.45, 2.75) is 32.9 Å². The van der Waals surface area contributed by atoms with Crippen LogP contribution in [0.4, 0.5) is 4.39 Å². The number of aliphatic hydroxyl groups excluding tert-OH is 1. The number of carbonyl (C=O) groups is 2. The summed E-state index contributed by atoms with van der Waals surface area (Å²) in [6, 6.07) is 10.2. The molecular weight excluding hydrogens is 439 g/mol. The fourth-order valence-electron chi connectivity index (χ4n) is 3.83. The van der Waals surface area contributed by atoms with Gasteiger partial charge in [-0.25, -0.2) is 4.39 Å². The summed E-state index contributed by atoms with van der Waals surface area (Å²) in [7, 11) is 3.73. The Morgan fingerprint density at radius 1 is 1.15 bits per heavy atom. The molecule has 1 fully saturated rings. The molecule has 1 amide bonds. The summed E-state index contributed by atoms with van der Waals surface area (Å²) in [5.74, 6) is -1.92. The van der Waals surface area contributed by atoms with Crippen molar-refractivity contribution in [2.24, 2.45) is 0 Å². The van der Waals surface area contributed by atoms with Crippen LogP contribution in [0.25, 0.3) is 5.76 Å². The van der Waals surface area contributed by atoms with Crippen LogP contribution in [-0.4, -0.2) is 66.5 Å². The molecule has 0 unspecified atom stereocenters. The van der Waals surface area contributed by atoms with E-state index in [0.717, 1.165) is 6.07 Å². The van der Waals surface area contributed by atoms with Crippen molar-refractivity contribution in [3.8, 4) is 11.5 Å². The van der Waals surface area contributed by atoms with Gasteiger partial charge in [0.25, 0.3) is 11.7 Å². The number of benzene rings is 2. The van der Waals surface area contributed by atoms with Crippen molar-refractivity contribution < 1.29 is 28.6 Å². The van der Waals surface area contributed by atoms with Crippen LogP contribution in [0.1, 0.15) is 37.9 Å². The SMILES string of the molecule is CCOc1ccc([C@H]2C(=C(O)c3ccc(OC(C)C)c(F)c3)C(=O)C(=O)N2CCN(C)C)cc1. The zero-order chi connectivity index (χ0) is 25.0. The van der Waals surface area contributed by atoms with Gasteiger partial charge in [-0.15, -0.1) is 0 Å². The number of likely N-dealkylation sites (tertiary alicyclic amines) is 1. The van der Waals surface area contributed by atoms with Crippen molar-refractivity contribution >= 4 is 17.4 Å². The van der Waals surface area contributed by atoms with Gasteiger partial charge in [0.1, 0.15) is 11.5 Å². The van der Waals surface area contributed by atoms with E-state index >= 15 is 0 Å². The molecule has 1 atom stereocenters. The number of halogens is 1. The normalized spacial score (nSPS) is 17.6. The minimum Gasteiger partial charge on any atom is -0.507 e. The highest BCUT2D eigenvalue weighted by molar-refractivity contribution is 6.46. The topological polar surface area (TPSA) is 79.3 Å². The largest absolute Gasteiger partial charge is 0.507 e. The van der Waals surface area contributed by atoms with Crippen LogP contribution in [-0.2, 0) is 9.59 Å². The van der Waals surface area contributed by atoms with Crippen molar-refractivity contribution in [2.75, 3.05) is 33.8 Å². The molecule has 1 aliphatic heterocycles. The Hall–Kier alpha value is -3.39. The number of ether oxygens (including phenoxy) is 2. The van der Waals surface area contributed by atoms with Gasteiger partial charge in [0.2, 0.25) is 0 Å². The van der Waals surface area contributed by atoms with E-state index in [-0.39, 0.29) is 29.5 Å². The van der Waals surface area contributed by atoms with Crippen molar-refractivity contribution in [3.63, 3.8) is 0 Å². The predicted molar refractivity (Wildman–Crippen MR) is 127 cm³/mol. The molecule has 0 bridgehead atoms. The summed E-state index contributed by atoms with van der Waals surface area (Å²) < 4.78 is 25.5. The average molecular weight is 471 g/mol. The summed E-state index contributed by atoms with van der Waals surface area (Å²) >= 11 is 0. The molecule has 7 nitrogen and oxygen atoms in total. The second kappa shape index (κ2) is 10.7. The first-order chi connectivity index (χ1) is 16.1. The molecule has 2 aromatic rings. The van der Waals surface area contributed by atoms with Gasteiger partial charge >= 0.3 is 0 Å². The van der Waals surface area contributed by atoms with Gasteiger partial charge in [0.15, 0.2) is 11.6 Å². The Kier molecular flexibility index (Phi) is 7.94. The van der Waals surface area contributed by atoms with Crippen molar-refractivity contribution in [3.05, 3.63) is 65.0 Å². The molecule has 1 aliphatic rings. The molecule has 0 aliphatic carbocycles. The Labute approximate surface area is 199 Å². The number of amides is 1. The molecule has 0 saturated carbocycles. The molecule has 1 N–H and O–H groups in total. The number of rotatable bonds is 9. The van der Waals surface area contributed by atoms with Gasteiger partial charge in [0, 0.05) is 18.7 Å². The van der Waals surface area contributed by atoms with E-state index in [1.807, 2.05) is 25.9 Å². The Morgan fingerprint density at radius 2 is 1.82 bits per heavy atom. The summed E-state index contributed by atoms with van der Waals surface area (Å²) in [5, 5.41) is 11.1. The molecule has 1 heterocycles. The lowest BCUT2D eigenvalue weighted by atomic mass is 9.95. The quantitative estimate of drug-likeness (QED) is 0.339. The first kappa shape index (κ1) is 25.2. The third kappa shape index (κ3) is 5.39. The highest BCUT2D eigenvalue weighted by atomic mass is 19.1. The van der Waals surface area contributed by atoms with Crippen LogP contribution >= 0.6 is 0 Å². The third-order valence-electron chi connectivity index (χ3n) is 5.40. The first-order valence-electron chi connectivity index (χ1n) is 11.3. The van der Waals surface area contributed by atoms with Crippen molar-refractivity contribution in [1.82, 2.24) is 9.80 Å². The van der Waals surface area contributed by atoms with Crippen LogP contribution in [0.3, 0.4) is 0 Å². The number of Topliss-reactive ketones (excluding diaryl/α,β-unsaturated/α-hetero) is 1. The van der Waals surface area contributed by atoms with Crippen LogP contribution in [0.5, 0.6) is 11.5 Å². The Bertz CT molecular complexity index is 1080. The average Bonchev–Trinajstić information content (AvgIpc) is 3.03. The first-order valence-corrected chi connectivity index (χ1v) is 11.3. The number of carbonyl (C=O) groups excluding carboxylic acids is 2. The van der Waals surface area contributed by atoms with Gasteiger partial charge < -0.3 is 24.4 Å². The minimum absolute atomic E-state index is 0.0426. The van der Waals surface area contributed by atoms with E-state index in [2.05, 4.69) is 0 Å². The molecule has 8 heteroatoms. The van der Waals surface area contributed by atoms with Gasteiger partial charge in [-0.05, 0) is 70.8 Å². The predicted octanol–water partition coefficient (Wildman–Crippen LogP) is 3.99. The summed E-state index contributed by atoms with van der Waals surface area (Å²) in [6.45, 7) is 6.74. The fourth-order valence-corrected chi connectivity index (χ4v) is 3.83. The zero-order valence-electron chi connectivity index (χ0n) is 20.2. The van der Waals surface area contributed by atoms with E-state index in [4.69, 9.17) is 9.47 Å².